The number of hydrogen-bond acceptors (Lipinski definition) is 4. The predicted molar refractivity (Wildman–Crippen MR) is 89.0 cm³/mol. The topological polar surface area (TPSA) is 63.1 Å². The Morgan fingerprint density at radius 2 is 2.17 bits per heavy atom. The van der Waals surface area contributed by atoms with Crippen LogP contribution in [0.5, 0.6) is 0 Å². The number of nitrogens with one attached hydrogen (secondary N) is 1. The van der Waals surface area contributed by atoms with Gasteiger partial charge in [0.15, 0.2) is 5.69 Å². The second kappa shape index (κ2) is 6.49. The summed E-state index contributed by atoms with van der Waals surface area (Å²) in [4.78, 5) is 14.6. The summed E-state index contributed by atoms with van der Waals surface area (Å²) in [6.07, 6.45) is 0. The largest absolute Gasteiger partial charge is 0.332 e. The van der Waals surface area contributed by atoms with E-state index in [1.54, 1.807) is 17.9 Å². The van der Waals surface area contributed by atoms with Gasteiger partial charge in [0.05, 0.1) is 16.4 Å². The Kier molecular flexibility index (Phi) is 4.56. The van der Waals surface area contributed by atoms with Gasteiger partial charge in [0.1, 0.15) is 5.82 Å². The molecule has 0 radical (unpaired) electrons. The minimum atomic E-state index is -0.502. The Morgan fingerprint density at radius 1 is 1.42 bits per heavy atom. The lowest BCUT2D eigenvalue weighted by atomic mass is 10.1. The van der Waals surface area contributed by atoms with Gasteiger partial charge in [0.2, 0.25) is 0 Å². The number of carbonyl (C=O) groups is 1. The first-order valence-corrected chi connectivity index (χ1v) is 8.20. The van der Waals surface area contributed by atoms with Gasteiger partial charge >= 0.3 is 0 Å². The number of halogens is 2. The lowest BCUT2D eigenvalue weighted by Gasteiger charge is -2.38. The SMILES string of the molecule is Cc1c(C(=O)N2CCNC(C)C2C)nnn1-c1ccc(F)c(Cl)c1. The fourth-order valence-electron chi connectivity index (χ4n) is 2.87. The summed E-state index contributed by atoms with van der Waals surface area (Å²) in [7, 11) is 0. The number of carbonyl (C=O) groups excluding carboxylic acids is 1. The van der Waals surface area contributed by atoms with E-state index in [2.05, 4.69) is 15.6 Å². The Morgan fingerprint density at radius 3 is 2.88 bits per heavy atom. The standard InChI is InChI=1S/C16H19ClFN5O/c1-9-10(2)22(7-6-19-9)16(24)15-11(3)23(21-20-15)12-4-5-14(18)13(17)8-12/h4-5,8-10,19H,6-7H2,1-3H3. The molecule has 1 saturated heterocycles. The molecule has 2 aromatic rings. The van der Waals surface area contributed by atoms with Crippen LogP contribution in [0, 0.1) is 12.7 Å². The second-order valence-electron chi connectivity index (χ2n) is 6.02. The fourth-order valence-corrected chi connectivity index (χ4v) is 3.04. The van der Waals surface area contributed by atoms with Gasteiger partial charge in [0.25, 0.3) is 5.91 Å². The van der Waals surface area contributed by atoms with Crippen LogP contribution < -0.4 is 5.32 Å². The van der Waals surface area contributed by atoms with Crippen LogP contribution in [-0.2, 0) is 0 Å². The van der Waals surface area contributed by atoms with E-state index in [9.17, 15) is 9.18 Å². The van der Waals surface area contributed by atoms with Crippen molar-refractivity contribution < 1.29 is 9.18 Å². The Bertz CT molecular complexity index is 778. The fraction of sp³-hybridized carbons (Fsp3) is 0.438. The summed E-state index contributed by atoms with van der Waals surface area (Å²) in [6, 6.07) is 4.56. The summed E-state index contributed by atoms with van der Waals surface area (Å²) in [5.41, 5.74) is 1.46. The number of aromatic nitrogens is 3. The lowest BCUT2D eigenvalue weighted by Crippen LogP contribution is -2.57. The first kappa shape index (κ1) is 16.9. The number of nitrogens with zero attached hydrogens (tertiary/aromatic N) is 4. The van der Waals surface area contributed by atoms with Gasteiger partial charge in [-0.1, -0.05) is 16.8 Å². The summed E-state index contributed by atoms with van der Waals surface area (Å²) in [5.74, 6) is -0.647. The first-order valence-electron chi connectivity index (χ1n) is 7.82. The monoisotopic (exact) mass is 351 g/mol. The number of hydrogen-bond donors (Lipinski definition) is 1. The van der Waals surface area contributed by atoms with Crippen molar-refractivity contribution >= 4 is 17.5 Å². The average Bonchev–Trinajstić information content (AvgIpc) is 2.94. The summed E-state index contributed by atoms with van der Waals surface area (Å²) < 4.78 is 14.8. The Balaban J connectivity index is 1.92. The van der Waals surface area contributed by atoms with Crippen molar-refractivity contribution in [3.05, 3.63) is 40.4 Å². The highest BCUT2D eigenvalue weighted by atomic mass is 35.5. The van der Waals surface area contributed by atoms with Crippen molar-refractivity contribution in [2.75, 3.05) is 13.1 Å². The molecule has 8 heteroatoms. The molecule has 1 aliphatic rings. The highest BCUT2D eigenvalue weighted by Crippen LogP contribution is 2.21. The van der Waals surface area contributed by atoms with E-state index >= 15 is 0 Å². The highest BCUT2D eigenvalue weighted by molar-refractivity contribution is 6.30. The van der Waals surface area contributed by atoms with Gasteiger partial charge in [-0.25, -0.2) is 9.07 Å². The van der Waals surface area contributed by atoms with Crippen molar-refractivity contribution in [1.29, 1.82) is 0 Å². The third-order valence-corrected chi connectivity index (χ3v) is 4.83. The van der Waals surface area contributed by atoms with Crippen LogP contribution in [0.2, 0.25) is 5.02 Å². The molecule has 1 aromatic heterocycles. The zero-order valence-electron chi connectivity index (χ0n) is 13.8. The van der Waals surface area contributed by atoms with Gasteiger partial charge in [-0.3, -0.25) is 4.79 Å². The van der Waals surface area contributed by atoms with E-state index in [1.807, 2.05) is 13.8 Å². The summed E-state index contributed by atoms with van der Waals surface area (Å²) in [6.45, 7) is 7.19. The molecule has 1 fully saturated rings. The predicted octanol–water partition coefficient (Wildman–Crippen LogP) is 2.19. The minimum Gasteiger partial charge on any atom is -0.332 e. The van der Waals surface area contributed by atoms with Crippen molar-refractivity contribution in [2.45, 2.75) is 32.9 Å². The molecular weight excluding hydrogens is 333 g/mol. The van der Waals surface area contributed by atoms with E-state index in [0.29, 0.717) is 23.6 Å². The number of rotatable bonds is 2. The number of amides is 1. The molecule has 128 valence electrons. The lowest BCUT2D eigenvalue weighted by molar-refractivity contribution is 0.0596. The number of benzene rings is 1. The normalized spacial score (nSPS) is 21.1. The average molecular weight is 352 g/mol. The van der Waals surface area contributed by atoms with Gasteiger partial charge in [-0.15, -0.1) is 5.10 Å². The van der Waals surface area contributed by atoms with Crippen molar-refractivity contribution in [3.63, 3.8) is 0 Å². The maximum atomic E-state index is 13.3. The molecule has 24 heavy (non-hydrogen) atoms. The van der Waals surface area contributed by atoms with Crippen LogP contribution >= 0.6 is 11.6 Å². The Hall–Kier alpha value is -1.99. The smallest absolute Gasteiger partial charge is 0.276 e. The molecule has 0 aliphatic carbocycles. The van der Waals surface area contributed by atoms with Gasteiger partial charge in [-0.2, -0.15) is 0 Å². The molecule has 3 rings (SSSR count). The van der Waals surface area contributed by atoms with E-state index in [1.165, 1.54) is 16.8 Å². The van der Waals surface area contributed by atoms with Gasteiger partial charge in [0, 0.05) is 25.2 Å². The second-order valence-corrected chi connectivity index (χ2v) is 6.42. The molecule has 1 amide bonds. The maximum Gasteiger partial charge on any atom is 0.276 e. The third-order valence-electron chi connectivity index (χ3n) is 4.54. The molecule has 2 heterocycles. The molecule has 1 aliphatic heterocycles. The van der Waals surface area contributed by atoms with Crippen LogP contribution in [0.1, 0.15) is 30.0 Å². The van der Waals surface area contributed by atoms with Crippen molar-refractivity contribution in [3.8, 4) is 5.69 Å². The van der Waals surface area contributed by atoms with E-state index in [4.69, 9.17) is 11.6 Å². The zero-order valence-corrected chi connectivity index (χ0v) is 14.5. The molecular formula is C16H19ClFN5O. The van der Waals surface area contributed by atoms with Crippen LogP contribution in [-0.4, -0.2) is 51.0 Å². The zero-order chi connectivity index (χ0) is 17.4. The molecule has 0 bridgehead atoms. The number of piperazine rings is 1. The molecule has 0 saturated carbocycles. The quantitative estimate of drug-likeness (QED) is 0.901. The van der Waals surface area contributed by atoms with E-state index in [0.717, 1.165) is 6.54 Å². The highest BCUT2D eigenvalue weighted by Gasteiger charge is 2.31. The maximum absolute atomic E-state index is 13.3. The van der Waals surface area contributed by atoms with Gasteiger partial charge < -0.3 is 10.2 Å². The molecule has 6 nitrogen and oxygen atoms in total. The summed E-state index contributed by atoms with van der Waals surface area (Å²) >= 11 is 5.82. The molecule has 0 spiro atoms. The third kappa shape index (κ3) is 2.89. The minimum absolute atomic E-state index is 0.000159. The van der Waals surface area contributed by atoms with E-state index < -0.39 is 5.82 Å². The molecule has 2 atom stereocenters. The van der Waals surface area contributed by atoms with E-state index in [-0.39, 0.29) is 23.0 Å². The molecule has 1 N–H and O–H groups in total. The van der Waals surface area contributed by atoms with Crippen LogP contribution in [0.3, 0.4) is 0 Å². The summed E-state index contributed by atoms with van der Waals surface area (Å²) in [5, 5.41) is 11.4. The van der Waals surface area contributed by atoms with Crippen LogP contribution in [0.15, 0.2) is 18.2 Å². The van der Waals surface area contributed by atoms with Crippen LogP contribution in [0.4, 0.5) is 4.39 Å². The van der Waals surface area contributed by atoms with Crippen molar-refractivity contribution in [2.24, 2.45) is 0 Å². The van der Waals surface area contributed by atoms with Crippen LogP contribution in [0.25, 0.3) is 5.69 Å². The molecule has 2 unspecified atom stereocenters. The molecule has 1 aromatic carbocycles. The van der Waals surface area contributed by atoms with Gasteiger partial charge in [-0.05, 0) is 39.0 Å². The Labute approximate surface area is 144 Å². The first-order chi connectivity index (χ1) is 11.4. The van der Waals surface area contributed by atoms with Crippen molar-refractivity contribution in [1.82, 2.24) is 25.2 Å².